The van der Waals surface area contributed by atoms with E-state index in [-0.39, 0.29) is 12.4 Å². The van der Waals surface area contributed by atoms with Gasteiger partial charge in [-0.3, -0.25) is 0 Å². The second kappa shape index (κ2) is 5.06. The van der Waals surface area contributed by atoms with E-state index in [1.165, 1.54) is 27.7 Å². The van der Waals surface area contributed by atoms with Crippen LogP contribution in [0.25, 0.3) is 0 Å². The fourth-order valence-corrected chi connectivity index (χ4v) is 0.336. The van der Waals surface area contributed by atoms with Crippen molar-refractivity contribution in [3.8, 4) is 0 Å². The van der Waals surface area contributed by atoms with Crippen LogP contribution in [-0.4, -0.2) is 33.2 Å². The minimum Gasteiger partial charge on any atom is -0.479 e. The standard InChI is InChI=1S/C8H14N2O4.ClH/c1-7(2,5(11)12)9-10-8(3,4)6(13)14;/h1-4H3,(H,11,12)(H,13,14);1H. The van der Waals surface area contributed by atoms with Gasteiger partial charge in [0.25, 0.3) is 0 Å². The predicted octanol–water partition coefficient (Wildman–Crippen LogP) is 1.59. The molecule has 0 fully saturated rings. The SMILES string of the molecule is CC(C)(N=NC(C)(C)C(=O)O)C(=O)O.Cl. The van der Waals surface area contributed by atoms with Crippen molar-refractivity contribution < 1.29 is 19.8 Å². The lowest BCUT2D eigenvalue weighted by Gasteiger charge is -2.16. The van der Waals surface area contributed by atoms with Crippen LogP contribution < -0.4 is 0 Å². The molecule has 0 saturated carbocycles. The largest absolute Gasteiger partial charge is 0.479 e. The lowest BCUT2D eigenvalue weighted by molar-refractivity contribution is -0.144. The second-order valence-corrected chi connectivity index (χ2v) is 3.93. The summed E-state index contributed by atoms with van der Waals surface area (Å²) in [5.41, 5.74) is -2.79. The van der Waals surface area contributed by atoms with Gasteiger partial charge in [-0.15, -0.1) is 12.4 Å². The summed E-state index contributed by atoms with van der Waals surface area (Å²) < 4.78 is 0. The summed E-state index contributed by atoms with van der Waals surface area (Å²) in [6.45, 7) is 5.38. The fourth-order valence-electron chi connectivity index (χ4n) is 0.336. The minimum absolute atomic E-state index is 0. The molecule has 0 aliphatic rings. The van der Waals surface area contributed by atoms with Crippen LogP contribution in [0.3, 0.4) is 0 Å². The molecular weight excluding hydrogens is 224 g/mol. The first-order valence-corrected chi connectivity index (χ1v) is 4.00. The maximum absolute atomic E-state index is 10.6. The highest BCUT2D eigenvalue weighted by Gasteiger charge is 2.31. The maximum Gasteiger partial charge on any atom is 0.332 e. The highest BCUT2D eigenvalue weighted by Crippen LogP contribution is 2.15. The number of hydrogen-bond donors (Lipinski definition) is 2. The highest BCUT2D eigenvalue weighted by molar-refractivity contribution is 5.85. The zero-order valence-electron chi connectivity index (χ0n) is 9.01. The first-order valence-electron chi connectivity index (χ1n) is 4.00. The van der Waals surface area contributed by atoms with Gasteiger partial charge in [0.1, 0.15) is 0 Å². The smallest absolute Gasteiger partial charge is 0.332 e. The van der Waals surface area contributed by atoms with Crippen LogP contribution in [0.1, 0.15) is 27.7 Å². The van der Waals surface area contributed by atoms with Gasteiger partial charge in [0.2, 0.25) is 0 Å². The second-order valence-electron chi connectivity index (χ2n) is 3.93. The molecule has 0 bridgehead atoms. The van der Waals surface area contributed by atoms with E-state index in [1.807, 2.05) is 0 Å². The number of rotatable bonds is 4. The number of halogens is 1. The number of hydrogen-bond acceptors (Lipinski definition) is 4. The number of nitrogens with zero attached hydrogens (tertiary/aromatic N) is 2. The Bertz CT molecular complexity index is 258. The topological polar surface area (TPSA) is 99.3 Å². The molecule has 0 aliphatic carbocycles. The van der Waals surface area contributed by atoms with Gasteiger partial charge in [-0.25, -0.2) is 9.59 Å². The Morgan fingerprint density at radius 3 is 1.20 bits per heavy atom. The van der Waals surface area contributed by atoms with Crippen LogP contribution in [0, 0.1) is 0 Å². The van der Waals surface area contributed by atoms with E-state index < -0.39 is 23.0 Å². The first kappa shape index (κ1) is 16.3. The van der Waals surface area contributed by atoms with Crippen molar-refractivity contribution in [2.24, 2.45) is 10.2 Å². The summed E-state index contributed by atoms with van der Waals surface area (Å²) in [7, 11) is 0. The summed E-state index contributed by atoms with van der Waals surface area (Å²) in [6.07, 6.45) is 0. The van der Waals surface area contributed by atoms with Crippen molar-refractivity contribution in [1.29, 1.82) is 0 Å². The van der Waals surface area contributed by atoms with Gasteiger partial charge >= 0.3 is 11.9 Å². The van der Waals surface area contributed by atoms with Gasteiger partial charge in [0, 0.05) is 0 Å². The van der Waals surface area contributed by atoms with Crippen LogP contribution >= 0.6 is 12.4 Å². The molecule has 0 heterocycles. The number of carboxylic acid groups (broad SMARTS) is 2. The molecule has 7 heteroatoms. The Morgan fingerprint density at radius 1 is 0.867 bits per heavy atom. The van der Waals surface area contributed by atoms with Crippen molar-refractivity contribution in [3.05, 3.63) is 0 Å². The van der Waals surface area contributed by atoms with Crippen LogP contribution in [0.5, 0.6) is 0 Å². The van der Waals surface area contributed by atoms with Crippen LogP contribution in [0.2, 0.25) is 0 Å². The fraction of sp³-hybridized carbons (Fsp3) is 0.750. The molecule has 0 atom stereocenters. The number of carboxylic acids is 2. The predicted molar refractivity (Wildman–Crippen MR) is 55.5 cm³/mol. The minimum atomic E-state index is -1.40. The molecule has 6 nitrogen and oxygen atoms in total. The Labute approximate surface area is 93.8 Å². The van der Waals surface area contributed by atoms with Crippen molar-refractivity contribution >= 4 is 24.3 Å². The van der Waals surface area contributed by atoms with Crippen LogP contribution in [0.15, 0.2) is 10.2 Å². The third kappa shape index (κ3) is 4.73. The lowest BCUT2D eigenvalue weighted by Crippen LogP contribution is -2.32. The van der Waals surface area contributed by atoms with Gasteiger partial charge in [0.05, 0.1) is 0 Å². The summed E-state index contributed by atoms with van der Waals surface area (Å²) in [5.74, 6) is -2.30. The number of carbonyl (C=O) groups is 2. The van der Waals surface area contributed by atoms with Crippen LogP contribution in [0.4, 0.5) is 0 Å². The molecule has 0 aromatic rings. The molecule has 0 aromatic heterocycles. The molecule has 0 spiro atoms. The molecule has 0 unspecified atom stereocenters. The average molecular weight is 239 g/mol. The molecule has 0 saturated heterocycles. The summed E-state index contributed by atoms with van der Waals surface area (Å²) in [4.78, 5) is 21.2. The van der Waals surface area contributed by atoms with E-state index in [0.29, 0.717) is 0 Å². The van der Waals surface area contributed by atoms with E-state index in [0.717, 1.165) is 0 Å². The normalized spacial score (nSPS) is 12.3. The van der Waals surface area contributed by atoms with Crippen molar-refractivity contribution in [3.63, 3.8) is 0 Å². The zero-order valence-corrected chi connectivity index (χ0v) is 9.83. The summed E-state index contributed by atoms with van der Waals surface area (Å²) >= 11 is 0. The van der Waals surface area contributed by atoms with Gasteiger partial charge in [-0.1, -0.05) is 0 Å². The highest BCUT2D eigenvalue weighted by atomic mass is 35.5. The van der Waals surface area contributed by atoms with Crippen molar-refractivity contribution in [1.82, 2.24) is 0 Å². The monoisotopic (exact) mass is 238 g/mol. The van der Waals surface area contributed by atoms with E-state index in [4.69, 9.17) is 10.2 Å². The molecule has 0 radical (unpaired) electrons. The van der Waals surface area contributed by atoms with E-state index in [2.05, 4.69) is 10.2 Å². The van der Waals surface area contributed by atoms with Crippen molar-refractivity contribution in [2.45, 2.75) is 38.8 Å². The van der Waals surface area contributed by atoms with E-state index in [1.54, 1.807) is 0 Å². The third-order valence-electron chi connectivity index (χ3n) is 1.60. The molecular formula is C8H15ClN2O4. The Morgan fingerprint density at radius 2 is 1.07 bits per heavy atom. The average Bonchev–Trinajstić information content (AvgIpc) is 2.01. The quantitative estimate of drug-likeness (QED) is 0.727. The van der Waals surface area contributed by atoms with Gasteiger partial charge in [-0.2, -0.15) is 10.2 Å². The molecule has 88 valence electrons. The molecule has 2 N–H and O–H groups in total. The summed E-state index contributed by atoms with van der Waals surface area (Å²) in [5, 5.41) is 24.3. The zero-order chi connectivity index (χ0) is 11.6. The molecule has 0 aliphatic heterocycles. The van der Waals surface area contributed by atoms with E-state index in [9.17, 15) is 9.59 Å². The number of azo groups is 1. The van der Waals surface area contributed by atoms with Gasteiger partial charge in [0.15, 0.2) is 11.1 Å². The van der Waals surface area contributed by atoms with Crippen LogP contribution in [-0.2, 0) is 9.59 Å². The molecule has 15 heavy (non-hydrogen) atoms. The maximum atomic E-state index is 10.6. The van der Waals surface area contributed by atoms with Gasteiger partial charge < -0.3 is 10.2 Å². The molecule has 0 aromatic carbocycles. The Kier molecular flexibility index (Phi) is 5.49. The Hall–Kier alpha value is -1.17. The first-order chi connectivity index (χ1) is 6.09. The lowest BCUT2D eigenvalue weighted by atomic mass is 10.1. The van der Waals surface area contributed by atoms with Gasteiger partial charge in [-0.05, 0) is 27.7 Å². The Balaban J connectivity index is 0. The number of aliphatic carboxylic acids is 2. The molecule has 0 amide bonds. The molecule has 0 rings (SSSR count). The summed E-state index contributed by atoms with van der Waals surface area (Å²) in [6, 6.07) is 0. The van der Waals surface area contributed by atoms with E-state index >= 15 is 0 Å². The third-order valence-corrected chi connectivity index (χ3v) is 1.60. The van der Waals surface area contributed by atoms with Crippen molar-refractivity contribution in [2.75, 3.05) is 0 Å².